The zero-order valence-electron chi connectivity index (χ0n) is 17.8. The molecule has 1 atom stereocenters. The van der Waals surface area contributed by atoms with E-state index < -0.39 is 35.0 Å². The van der Waals surface area contributed by atoms with Gasteiger partial charge in [0.1, 0.15) is 11.4 Å². The van der Waals surface area contributed by atoms with Gasteiger partial charge in [-0.15, -0.1) is 13.2 Å². The maximum absolute atomic E-state index is 12.5. The predicted octanol–water partition coefficient (Wildman–Crippen LogP) is 3.51. The molecule has 0 saturated carbocycles. The van der Waals surface area contributed by atoms with E-state index in [0.29, 0.717) is 32.0 Å². The van der Waals surface area contributed by atoms with Crippen molar-refractivity contribution >= 4 is 28.9 Å². The quantitative estimate of drug-likeness (QED) is 0.361. The predicted molar refractivity (Wildman–Crippen MR) is 113 cm³/mol. The number of nitrogens with one attached hydrogen (secondary N) is 1. The molecule has 1 N–H and O–H groups in total. The first-order chi connectivity index (χ1) is 16.0. The van der Waals surface area contributed by atoms with Gasteiger partial charge in [0, 0.05) is 24.8 Å². The summed E-state index contributed by atoms with van der Waals surface area (Å²) in [5.41, 5.74) is 0.0909. The summed E-state index contributed by atoms with van der Waals surface area (Å²) in [6, 6.07) is 8.27. The number of hydrogen-bond donors (Lipinski definition) is 1. The van der Waals surface area contributed by atoms with Crippen molar-refractivity contribution in [1.82, 2.24) is 0 Å². The van der Waals surface area contributed by atoms with Gasteiger partial charge in [-0.05, 0) is 43.3 Å². The van der Waals surface area contributed by atoms with Gasteiger partial charge < -0.3 is 24.4 Å². The second-order valence-electron chi connectivity index (χ2n) is 7.17. The maximum atomic E-state index is 12.5. The van der Waals surface area contributed by atoms with Crippen LogP contribution in [0.15, 0.2) is 42.5 Å². The van der Waals surface area contributed by atoms with Crippen LogP contribution in [0.3, 0.4) is 0 Å². The molecule has 182 valence electrons. The number of benzene rings is 2. The standard InChI is InChI=1S/C21H20F3N3O7/c1-13(19(28)25-15-3-5-16(6-4-15)34-21(22,23)24)33-20(29)14-2-7-17(18(12-14)27(30)31)26-8-10-32-11-9-26/h2-7,12-13H,8-11H2,1H3,(H,25,28). The first kappa shape index (κ1) is 24.8. The number of amides is 1. The van der Waals surface area contributed by atoms with Gasteiger partial charge in [0.25, 0.3) is 11.6 Å². The summed E-state index contributed by atoms with van der Waals surface area (Å²) < 4.78 is 50.7. The van der Waals surface area contributed by atoms with Crippen molar-refractivity contribution < 1.29 is 41.9 Å². The largest absolute Gasteiger partial charge is 0.573 e. The Bertz CT molecular complexity index is 1050. The lowest BCUT2D eigenvalue weighted by Crippen LogP contribution is -2.36. The van der Waals surface area contributed by atoms with E-state index in [1.807, 2.05) is 0 Å². The van der Waals surface area contributed by atoms with E-state index in [2.05, 4.69) is 10.1 Å². The van der Waals surface area contributed by atoms with Gasteiger partial charge in [-0.1, -0.05) is 0 Å². The van der Waals surface area contributed by atoms with Crippen LogP contribution in [-0.4, -0.2) is 55.6 Å². The number of nitro groups is 1. The maximum Gasteiger partial charge on any atom is 0.573 e. The molecule has 34 heavy (non-hydrogen) atoms. The van der Waals surface area contributed by atoms with Crippen molar-refractivity contribution in [2.24, 2.45) is 0 Å². The third kappa shape index (κ3) is 6.57. The molecule has 2 aromatic rings. The molecule has 10 nitrogen and oxygen atoms in total. The topological polar surface area (TPSA) is 120 Å². The minimum atomic E-state index is -4.84. The number of hydrogen-bond acceptors (Lipinski definition) is 8. The molecule has 1 amide bonds. The minimum absolute atomic E-state index is 0.114. The number of alkyl halides is 3. The number of nitro benzene ring substituents is 1. The summed E-state index contributed by atoms with van der Waals surface area (Å²) in [6.07, 6.45) is -6.14. The second kappa shape index (κ2) is 10.4. The van der Waals surface area contributed by atoms with Crippen molar-refractivity contribution in [2.45, 2.75) is 19.4 Å². The van der Waals surface area contributed by atoms with Gasteiger partial charge in [0.05, 0.1) is 23.7 Å². The molecule has 1 unspecified atom stereocenters. The number of rotatable bonds is 7. The fraction of sp³-hybridized carbons (Fsp3) is 0.333. The lowest BCUT2D eigenvalue weighted by atomic mass is 10.1. The number of ether oxygens (including phenoxy) is 3. The average Bonchev–Trinajstić information content (AvgIpc) is 2.79. The van der Waals surface area contributed by atoms with Crippen molar-refractivity contribution in [2.75, 3.05) is 36.5 Å². The highest BCUT2D eigenvalue weighted by atomic mass is 19.4. The fourth-order valence-electron chi connectivity index (χ4n) is 3.13. The number of esters is 1. The Kier molecular flexibility index (Phi) is 7.56. The summed E-state index contributed by atoms with van der Waals surface area (Å²) >= 11 is 0. The Morgan fingerprint density at radius 3 is 2.38 bits per heavy atom. The molecule has 0 aromatic heterocycles. The highest BCUT2D eigenvalue weighted by molar-refractivity contribution is 5.97. The summed E-state index contributed by atoms with van der Waals surface area (Å²) in [4.78, 5) is 37.5. The van der Waals surface area contributed by atoms with E-state index in [-0.39, 0.29) is 16.9 Å². The molecule has 1 fully saturated rings. The minimum Gasteiger partial charge on any atom is -0.449 e. The lowest BCUT2D eigenvalue weighted by Gasteiger charge is -2.28. The Labute approximate surface area is 191 Å². The lowest BCUT2D eigenvalue weighted by molar-refractivity contribution is -0.384. The van der Waals surface area contributed by atoms with Crippen LogP contribution in [0.1, 0.15) is 17.3 Å². The van der Waals surface area contributed by atoms with Gasteiger partial charge in [0.15, 0.2) is 6.10 Å². The third-order valence-electron chi connectivity index (χ3n) is 4.77. The van der Waals surface area contributed by atoms with Crippen LogP contribution in [0.4, 0.5) is 30.2 Å². The van der Waals surface area contributed by atoms with Gasteiger partial charge >= 0.3 is 12.3 Å². The van der Waals surface area contributed by atoms with E-state index in [1.54, 1.807) is 4.90 Å². The van der Waals surface area contributed by atoms with Crippen LogP contribution < -0.4 is 15.0 Å². The smallest absolute Gasteiger partial charge is 0.449 e. The van der Waals surface area contributed by atoms with E-state index in [9.17, 15) is 32.9 Å². The molecule has 1 aliphatic heterocycles. The van der Waals surface area contributed by atoms with Crippen LogP contribution >= 0.6 is 0 Å². The summed E-state index contributed by atoms with van der Waals surface area (Å²) in [6.45, 7) is 3.05. The molecule has 3 rings (SSSR count). The van der Waals surface area contributed by atoms with Gasteiger partial charge in [0.2, 0.25) is 0 Å². The summed E-state index contributed by atoms with van der Waals surface area (Å²) in [7, 11) is 0. The molecular weight excluding hydrogens is 463 g/mol. The molecule has 1 saturated heterocycles. The van der Waals surface area contributed by atoms with Crippen molar-refractivity contribution in [3.05, 3.63) is 58.1 Å². The van der Waals surface area contributed by atoms with Crippen molar-refractivity contribution in [3.8, 4) is 5.75 Å². The number of morpholine rings is 1. The molecule has 2 aromatic carbocycles. The van der Waals surface area contributed by atoms with Crippen LogP contribution in [0, 0.1) is 10.1 Å². The molecular formula is C21H20F3N3O7. The van der Waals surface area contributed by atoms with E-state index >= 15 is 0 Å². The third-order valence-corrected chi connectivity index (χ3v) is 4.77. The first-order valence-corrected chi connectivity index (χ1v) is 10.0. The molecule has 1 heterocycles. The average molecular weight is 483 g/mol. The summed E-state index contributed by atoms with van der Waals surface area (Å²) in [5, 5.41) is 13.9. The van der Waals surface area contributed by atoms with Gasteiger partial charge in [-0.3, -0.25) is 14.9 Å². The Morgan fingerprint density at radius 2 is 1.79 bits per heavy atom. The number of carbonyl (C=O) groups excluding carboxylic acids is 2. The normalized spacial score (nSPS) is 14.8. The SMILES string of the molecule is CC(OC(=O)c1ccc(N2CCOCC2)c([N+](=O)[O-])c1)C(=O)Nc1ccc(OC(F)(F)F)cc1. The second-order valence-corrected chi connectivity index (χ2v) is 7.17. The van der Waals surface area contributed by atoms with Gasteiger partial charge in [-0.2, -0.15) is 0 Å². The Morgan fingerprint density at radius 1 is 1.15 bits per heavy atom. The number of carbonyl (C=O) groups is 2. The number of anilines is 2. The van der Waals surface area contributed by atoms with Crippen LogP contribution in [-0.2, 0) is 14.3 Å². The zero-order chi connectivity index (χ0) is 24.9. The Balaban J connectivity index is 1.63. The van der Waals surface area contributed by atoms with Crippen LogP contribution in [0.2, 0.25) is 0 Å². The monoisotopic (exact) mass is 483 g/mol. The van der Waals surface area contributed by atoms with E-state index in [0.717, 1.165) is 18.2 Å². The van der Waals surface area contributed by atoms with Crippen molar-refractivity contribution in [3.63, 3.8) is 0 Å². The number of nitrogens with zero attached hydrogens (tertiary/aromatic N) is 2. The highest BCUT2D eigenvalue weighted by Crippen LogP contribution is 2.30. The first-order valence-electron chi connectivity index (χ1n) is 10.0. The molecule has 0 bridgehead atoms. The molecule has 1 aliphatic rings. The number of halogens is 3. The molecule has 0 aliphatic carbocycles. The van der Waals surface area contributed by atoms with Crippen molar-refractivity contribution in [1.29, 1.82) is 0 Å². The zero-order valence-corrected chi connectivity index (χ0v) is 17.8. The Hall–Kier alpha value is -3.87. The fourth-order valence-corrected chi connectivity index (χ4v) is 3.13. The van der Waals surface area contributed by atoms with E-state index in [4.69, 9.17) is 9.47 Å². The van der Waals surface area contributed by atoms with Gasteiger partial charge in [-0.25, -0.2) is 4.79 Å². The molecule has 0 radical (unpaired) electrons. The molecule has 13 heteroatoms. The summed E-state index contributed by atoms with van der Waals surface area (Å²) in [5.74, 6) is -2.17. The molecule has 0 spiro atoms. The van der Waals surface area contributed by atoms with Crippen LogP contribution in [0.5, 0.6) is 5.75 Å². The van der Waals surface area contributed by atoms with Crippen LogP contribution in [0.25, 0.3) is 0 Å². The highest BCUT2D eigenvalue weighted by Gasteiger charge is 2.31. The van der Waals surface area contributed by atoms with E-state index in [1.165, 1.54) is 31.2 Å².